The molecule has 1 aromatic rings. The smallest absolute Gasteiger partial charge is 0.303 e. The average Bonchev–Trinajstić information content (AvgIpc) is 2.24. The molecule has 5 heteroatoms. The molecule has 0 saturated carbocycles. The highest BCUT2D eigenvalue weighted by molar-refractivity contribution is 5.65. The van der Waals surface area contributed by atoms with Crippen LogP contribution in [0.2, 0.25) is 0 Å². The fraction of sp³-hybridized carbons (Fsp3) is 0.500. The lowest BCUT2D eigenvalue weighted by Crippen LogP contribution is -2.04. The minimum atomic E-state index is -0.377. The summed E-state index contributed by atoms with van der Waals surface area (Å²) in [6.07, 6.45) is 0. The van der Waals surface area contributed by atoms with Gasteiger partial charge in [0.2, 0.25) is 0 Å². The highest BCUT2D eigenvalue weighted by Gasteiger charge is 2.12. The fourth-order valence-corrected chi connectivity index (χ4v) is 1.03. The minimum Gasteiger partial charge on any atom is -0.504 e. The van der Waals surface area contributed by atoms with Crippen molar-refractivity contribution in [2.75, 3.05) is 0 Å². The van der Waals surface area contributed by atoms with Crippen molar-refractivity contribution in [2.45, 2.75) is 20.5 Å². The topological polar surface area (TPSA) is 64.3 Å². The largest absolute Gasteiger partial charge is 0.504 e. The van der Waals surface area contributed by atoms with Crippen LogP contribution in [0.15, 0.2) is 0 Å². The second kappa shape index (κ2) is 3.47. The second-order valence-corrected chi connectivity index (χ2v) is 2.78. The van der Waals surface area contributed by atoms with Crippen LogP contribution in [0.3, 0.4) is 0 Å². The molecule has 0 spiro atoms. The summed E-state index contributed by atoms with van der Waals surface area (Å²) >= 11 is 0. The third-order valence-corrected chi connectivity index (χ3v) is 1.72. The highest BCUT2D eigenvalue weighted by atomic mass is 16.5. The van der Waals surface area contributed by atoms with Crippen molar-refractivity contribution in [1.29, 1.82) is 0 Å². The van der Waals surface area contributed by atoms with Gasteiger partial charge in [-0.2, -0.15) is 5.10 Å². The lowest BCUT2D eigenvalue weighted by Gasteiger charge is -2.02. The zero-order valence-corrected chi connectivity index (χ0v) is 7.87. The van der Waals surface area contributed by atoms with Gasteiger partial charge in [-0.15, -0.1) is 0 Å². The lowest BCUT2D eigenvalue weighted by atomic mass is 10.3. The molecule has 1 N–H and O–H groups in total. The Morgan fingerprint density at radius 1 is 1.69 bits per heavy atom. The van der Waals surface area contributed by atoms with Gasteiger partial charge < -0.3 is 9.84 Å². The molecule has 1 rings (SSSR count). The maximum Gasteiger partial charge on any atom is 0.303 e. The summed E-state index contributed by atoms with van der Waals surface area (Å²) in [5.41, 5.74) is 1.04. The molecule has 0 aliphatic heterocycles. The zero-order valence-electron chi connectivity index (χ0n) is 7.87. The van der Waals surface area contributed by atoms with Crippen molar-refractivity contribution in [3.05, 3.63) is 11.4 Å². The maximum atomic E-state index is 10.5. The van der Waals surface area contributed by atoms with E-state index in [4.69, 9.17) is 4.74 Å². The average molecular weight is 184 g/mol. The van der Waals surface area contributed by atoms with Crippen molar-refractivity contribution in [3.63, 3.8) is 0 Å². The lowest BCUT2D eigenvalue weighted by molar-refractivity contribution is -0.142. The predicted octanol–water partition coefficient (Wildman–Crippen LogP) is 0.497. The molecular weight excluding hydrogens is 172 g/mol. The normalized spacial score (nSPS) is 10.1. The van der Waals surface area contributed by atoms with E-state index in [2.05, 4.69) is 5.10 Å². The number of carbonyl (C=O) groups excluding carboxylic acids is 1. The number of carbonyl (C=O) groups is 1. The Labute approximate surface area is 75.9 Å². The number of aromatic hydroxyl groups is 1. The van der Waals surface area contributed by atoms with Crippen molar-refractivity contribution < 1.29 is 14.6 Å². The first-order chi connectivity index (χ1) is 6.02. The number of hydrogen-bond donors (Lipinski definition) is 1. The van der Waals surface area contributed by atoms with E-state index in [1.807, 2.05) is 0 Å². The van der Waals surface area contributed by atoms with E-state index in [1.165, 1.54) is 11.6 Å². The third-order valence-electron chi connectivity index (χ3n) is 1.72. The number of hydrogen-bond acceptors (Lipinski definition) is 4. The summed E-state index contributed by atoms with van der Waals surface area (Å²) in [5.74, 6) is -0.290. The van der Waals surface area contributed by atoms with Crippen LogP contribution in [0.5, 0.6) is 5.75 Å². The molecule has 0 aliphatic carbocycles. The van der Waals surface area contributed by atoms with Crippen LogP contribution in [0.1, 0.15) is 18.3 Å². The molecule has 1 aromatic heterocycles. The summed E-state index contributed by atoms with van der Waals surface area (Å²) in [7, 11) is 1.69. The van der Waals surface area contributed by atoms with E-state index in [0.717, 1.165) is 0 Å². The molecule has 5 nitrogen and oxygen atoms in total. The number of esters is 1. The SMILES string of the molecule is CC(=O)OCc1c(O)c(C)nn1C. The number of rotatable bonds is 2. The van der Waals surface area contributed by atoms with Gasteiger partial charge in [-0.25, -0.2) is 0 Å². The van der Waals surface area contributed by atoms with Crippen molar-refractivity contribution >= 4 is 5.97 Å². The standard InChI is InChI=1S/C8H12N2O3/c1-5-8(12)7(10(3)9-5)4-13-6(2)11/h12H,4H2,1-3H3. The van der Waals surface area contributed by atoms with Gasteiger partial charge in [-0.3, -0.25) is 9.48 Å². The number of ether oxygens (including phenoxy) is 1. The summed E-state index contributed by atoms with van der Waals surface area (Å²) in [4.78, 5) is 10.5. The number of aromatic nitrogens is 2. The van der Waals surface area contributed by atoms with Crippen molar-refractivity contribution in [2.24, 2.45) is 7.05 Å². The summed E-state index contributed by atoms with van der Waals surface area (Å²) in [5, 5.41) is 13.4. The Kier molecular flexibility index (Phi) is 2.55. The van der Waals surface area contributed by atoms with Crippen LogP contribution >= 0.6 is 0 Å². The molecule has 0 fully saturated rings. The molecule has 72 valence electrons. The van der Waals surface area contributed by atoms with Crippen LogP contribution in [0.4, 0.5) is 0 Å². The Morgan fingerprint density at radius 2 is 2.31 bits per heavy atom. The fourth-order valence-electron chi connectivity index (χ4n) is 1.03. The molecule has 0 atom stereocenters. The quantitative estimate of drug-likeness (QED) is 0.679. The summed E-state index contributed by atoms with van der Waals surface area (Å²) in [6.45, 7) is 3.06. The maximum absolute atomic E-state index is 10.5. The molecule has 0 aromatic carbocycles. The van der Waals surface area contributed by atoms with E-state index in [1.54, 1.807) is 14.0 Å². The van der Waals surface area contributed by atoms with Gasteiger partial charge >= 0.3 is 5.97 Å². The van der Waals surface area contributed by atoms with E-state index < -0.39 is 0 Å². The molecule has 0 unspecified atom stereocenters. The van der Waals surface area contributed by atoms with E-state index in [-0.39, 0.29) is 18.3 Å². The van der Waals surface area contributed by atoms with Gasteiger partial charge in [0.25, 0.3) is 0 Å². The van der Waals surface area contributed by atoms with Crippen LogP contribution in [-0.4, -0.2) is 20.9 Å². The third kappa shape index (κ3) is 1.99. The molecule has 0 aliphatic rings. The van der Waals surface area contributed by atoms with Crippen LogP contribution in [0.25, 0.3) is 0 Å². The molecule has 0 amide bonds. The van der Waals surface area contributed by atoms with Crippen LogP contribution in [0, 0.1) is 6.92 Å². The first-order valence-corrected chi connectivity index (χ1v) is 3.87. The summed E-state index contributed by atoms with van der Waals surface area (Å²) < 4.78 is 6.24. The Bertz CT molecular complexity index is 330. The van der Waals surface area contributed by atoms with Crippen molar-refractivity contribution in [1.82, 2.24) is 9.78 Å². The van der Waals surface area contributed by atoms with Crippen LogP contribution < -0.4 is 0 Å². The highest BCUT2D eigenvalue weighted by Crippen LogP contribution is 2.20. The number of aryl methyl sites for hydroxylation is 2. The molecular formula is C8H12N2O3. The predicted molar refractivity (Wildman–Crippen MR) is 45.1 cm³/mol. The van der Waals surface area contributed by atoms with E-state index in [9.17, 15) is 9.90 Å². The molecule has 0 saturated heterocycles. The Balaban J connectivity index is 2.81. The first kappa shape index (κ1) is 9.57. The minimum absolute atomic E-state index is 0.0541. The van der Waals surface area contributed by atoms with Crippen molar-refractivity contribution in [3.8, 4) is 5.75 Å². The van der Waals surface area contributed by atoms with Gasteiger partial charge in [0, 0.05) is 14.0 Å². The van der Waals surface area contributed by atoms with E-state index in [0.29, 0.717) is 11.4 Å². The number of nitrogens with zero attached hydrogens (tertiary/aromatic N) is 2. The Morgan fingerprint density at radius 3 is 2.69 bits per heavy atom. The summed E-state index contributed by atoms with van der Waals surface area (Å²) in [6, 6.07) is 0. The monoisotopic (exact) mass is 184 g/mol. The molecule has 0 radical (unpaired) electrons. The van der Waals surface area contributed by atoms with Crippen LogP contribution in [-0.2, 0) is 23.2 Å². The molecule has 1 heterocycles. The van der Waals surface area contributed by atoms with E-state index >= 15 is 0 Å². The Hall–Kier alpha value is -1.52. The zero-order chi connectivity index (χ0) is 10.0. The van der Waals surface area contributed by atoms with Gasteiger partial charge in [0.1, 0.15) is 18.0 Å². The van der Waals surface area contributed by atoms with Gasteiger partial charge in [0.15, 0.2) is 5.75 Å². The molecule has 0 bridgehead atoms. The first-order valence-electron chi connectivity index (χ1n) is 3.87. The van der Waals surface area contributed by atoms with Gasteiger partial charge in [-0.1, -0.05) is 0 Å². The van der Waals surface area contributed by atoms with Gasteiger partial charge in [-0.05, 0) is 6.92 Å². The molecule has 13 heavy (non-hydrogen) atoms. The van der Waals surface area contributed by atoms with Gasteiger partial charge in [0.05, 0.1) is 0 Å². The second-order valence-electron chi connectivity index (χ2n) is 2.78.